The number of nitrogens with zero attached hydrogens (tertiary/aromatic N) is 1. The standard InChI is InChI=1S/C10H20N2O/c1-3-6-12-8(2)4-5-9(7-11)10(12)13/h8-9H,3-7,11H2,1-2H3/t8-,9-/m0/s1. The Morgan fingerprint density at radius 2 is 2.23 bits per heavy atom. The first-order valence-corrected chi connectivity index (χ1v) is 5.21. The van der Waals surface area contributed by atoms with Gasteiger partial charge in [-0.15, -0.1) is 0 Å². The molecule has 0 radical (unpaired) electrons. The molecule has 3 nitrogen and oxygen atoms in total. The van der Waals surface area contributed by atoms with Crippen LogP contribution in [-0.2, 0) is 4.79 Å². The van der Waals surface area contributed by atoms with Crippen molar-refractivity contribution in [3.63, 3.8) is 0 Å². The summed E-state index contributed by atoms with van der Waals surface area (Å²) in [4.78, 5) is 13.8. The predicted molar refractivity (Wildman–Crippen MR) is 53.2 cm³/mol. The normalized spacial score (nSPS) is 29.5. The quantitative estimate of drug-likeness (QED) is 0.710. The Morgan fingerprint density at radius 1 is 1.54 bits per heavy atom. The van der Waals surface area contributed by atoms with Crippen molar-refractivity contribution in [1.82, 2.24) is 4.90 Å². The number of carbonyl (C=O) groups excluding carboxylic acids is 1. The summed E-state index contributed by atoms with van der Waals surface area (Å²) >= 11 is 0. The molecule has 1 aliphatic rings. The van der Waals surface area contributed by atoms with Gasteiger partial charge in [0.05, 0.1) is 5.92 Å². The van der Waals surface area contributed by atoms with Crippen molar-refractivity contribution < 1.29 is 4.79 Å². The van der Waals surface area contributed by atoms with E-state index in [2.05, 4.69) is 13.8 Å². The van der Waals surface area contributed by atoms with E-state index in [4.69, 9.17) is 5.73 Å². The van der Waals surface area contributed by atoms with Crippen LogP contribution in [0.5, 0.6) is 0 Å². The van der Waals surface area contributed by atoms with E-state index in [1.165, 1.54) is 0 Å². The zero-order valence-electron chi connectivity index (χ0n) is 8.62. The van der Waals surface area contributed by atoms with Gasteiger partial charge >= 0.3 is 0 Å². The second-order valence-electron chi connectivity index (χ2n) is 3.89. The molecule has 1 heterocycles. The number of rotatable bonds is 3. The van der Waals surface area contributed by atoms with E-state index in [0.717, 1.165) is 25.8 Å². The largest absolute Gasteiger partial charge is 0.340 e. The summed E-state index contributed by atoms with van der Waals surface area (Å²) in [6.45, 7) is 5.62. The third-order valence-corrected chi connectivity index (χ3v) is 2.85. The van der Waals surface area contributed by atoms with Gasteiger partial charge in [-0.05, 0) is 26.2 Å². The van der Waals surface area contributed by atoms with Crippen molar-refractivity contribution in [3.8, 4) is 0 Å². The molecule has 1 saturated heterocycles. The maximum Gasteiger partial charge on any atom is 0.227 e. The first-order chi connectivity index (χ1) is 6.20. The fourth-order valence-electron chi connectivity index (χ4n) is 1.96. The third kappa shape index (κ3) is 2.21. The fourth-order valence-corrected chi connectivity index (χ4v) is 1.96. The van der Waals surface area contributed by atoms with Gasteiger partial charge in [0, 0.05) is 19.1 Å². The first kappa shape index (κ1) is 10.5. The molecule has 1 fully saturated rings. The maximum absolute atomic E-state index is 11.8. The molecule has 1 rings (SSSR count). The summed E-state index contributed by atoms with van der Waals surface area (Å²) < 4.78 is 0. The predicted octanol–water partition coefficient (Wildman–Crippen LogP) is 0.982. The topological polar surface area (TPSA) is 46.3 Å². The van der Waals surface area contributed by atoms with E-state index in [0.29, 0.717) is 12.6 Å². The van der Waals surface area contributed by atoms with Gasteiger partial charge in [-0.1, -0.05) is 6.92 Å². The highest BCUT2D eigenvalue weighted by Gasteiger charge is 2.31. The zero-order valence-corrected chi connectivity index (χ0v) is 8.62. The summed E-state index contributed by atoms with van der Waals surface area (Å²) in [6, 6.07) is 0.412. The summed E-state index contributed by atoms with van der Waals surface area (Å²) in [5, 5.41) is 0. The molecule has 0 aromatic heterocycles. The highest BCUT2D eigenvalue weighted by molar-refractivity contribution is 5.80. The number of piperidine rings is 1. The molecule has 13 heavy (non-hydrogen) atoms. The number of likely N-dealkylation sites (tertiary alicyclic amines) is 1. The minimum Gasteiger partial charge on any atom is -0.340 e. The molecule has 76 valence electrons. The fraction of sp³-hybridized carbons (Fsp3) is 0.900. The molecule has 0 aromatic rings. The summed E-state index contributed by atoms with van der Waals surface area (Å²) in [5.74, 6) is 0.353. The minimum absolute atomic E-state index is 0.0859. The van der Waals surface area contributed by atoms with Gasteiger partial charge in [0.25, 0.3) is 0 Å². The Hall–Kier alpha value is -0.570. The lowest BCUT2D eigenvalue weighted by Gasteiger charge is -2.37. The molecule has 0 aliphatic carbocycles. The Kier molecular flexibility index (Phi) is 3.72. The van der Waals surface area contributed by atoms with E-state index >= 15 is 0 Å². The second-order valence-corrected chi connectivity index (χ2v) is 3.89. The zero-order chi connectivity index (χ0) is 9.84. The van der Waals surface area contributed by atoms with Crippen LogP contribution in [0, 0.1) is 5.92 Å². The average Bonchev–Trinajstić information content (AvgIpc) is 2.12. The average molecular weight is 184 g/mol. The molecule has 2 N–H and O–H groups in total. The molecule has 1 amide bonds. The number of nitrogens with two attached hydrogens (primary N) is 1. The lowest BCUT2D eigenvalue weighted by atomic mass is 9.92. The summed E-state index contributed by atoms with van der Waals surface area (Å²) in [6.07, 6.45) is 3.11. The molecular formula is C10H20N2O. The summed E-state index contributed by atoms with van der Waals surface area (Å²) in [7, 11) is 0. The molecule has 0 saturated carbocycles. The smallest absolute Gasteiger partial charge is 0.227 e. The number of carbonyl (C=O) groups is 1. The van der Waals surface area contributed by atoms with Gasteiger partial charge in [0.1, 0.15) is 0 Å². The molecule has 0 spiro atoms. The maximum atomic E-state index is 11.8. The van der Waals surface area contributed by atoms with Crippen LogP contribution in [0.15, 0.2) is 0 Å². The van der Waals surface area contributed by atoms with Crippen LogP contribution in [0.1, 0.15) is 33.1 Å². The molecule has 0 unspecified atom stereocenters. The Bertz CT molecular complexity index is 182. The van der Waals surface area contributed by atoms with Crippen LogP contribution >= 0.6 is 0 Å². The van der Waals surface area contributed by atoms with Crippen molar-refractivity contribution in [3.05, 3.63) is 0 Å². The van der Waals surface area contributed by atoms with Crippen LogP contribution in [-0.4, -0.2) is 29.9 Å². The molecule has 0 aromatic carbocycles. The van der Waals surface area contributed by atoms with E-state index in [1.54, 1.807) is 0 Å². The van der Waals surface area contributed by atoms with Gasteiger partial charge in [-0.3, -0.25) is 4.79 Å². The number of amides is 1. The van der Waals surface area contributed by atoms with Gasteiger partial charge in [-0.2, -0.15) is 0 Å². The Balaban J connectivity index is 2.60. The van der Waals surface area contributed by atoms with Gasteiger partial charge < -0.3 is 10.6 Å². The van der Waals surface area contributed by atoms with Crippen molar-refractivity contribution >= 4 is 5.91 Å². The van der Waals surface area contributed by atoms with E-state index in [1.807, 2.05) is 4.90 Å². The van der Waals surface area contributed by atoms with Gasteiger partial charge in [0.15, 0.2) is 0 Å². The molecule has 2 atom stereocenters. The molecule has 3 heteroatoms. The van der Waals surface area contributed by atoms with E-state index < -0.39 is 0 Å². The van der Waals surface area contributed by atoms with Crippen molar-refractivity contribution in [2.24, 2.45) is 11.7 Å². The highest BCUT2D eigenvalue weighted by atomic mass is 16.2. The molecular weight excluding hydrogens is 164 g/mol. The van der Waals surface area contributed by atoms with Crippen molar-refractivity contribution in [1.29, 1.82) is 0 Å². The number of hydrogen-bond acceptors (Lipinski definition) is 2. The lowest BCUT2D eigenvalue weighted by molar-refractivity contribution is -0.140. The van der Waals surface area contributed by atoms with Crippen LogP contribution in [0.25, 0.3) is 0 Å². The van der Waals surface area contributed by atoms with Crippen molar-refractivity contribution in [2.45, 2.75) is 39.2 Å². The van der Waals surface area contributed by atoms with Crippen LogP contribution < -0.4 is 5.73 Å². The second kappa shape index (κ2) is 4.61. The summed E-state index contributed by atoms with van der Waals surface area (Å²) in [5.41, 5.74) is 5.55. The Labute approximate surface area is 80.3 Å². The van der Waals surface area contributed by atoms with Crippen LogP contribution in [0.2, 0.25) is 0 Å². The monoisotopic (exact) mass is 184 g/mol. The van der Waals surface area contributed by atoms with E-state index in [-0.39, 0.29) is 11.8 Å². The highest BCUT2D eigenvalue weighted by Crippen LogP contribution is 2.22. The SMILES string of the molecule is CCCN1C(=O)[C@H](CN)CC[C@@H]1C. The molecule has 0 bridgehead atoms. The first-order valence-electron chi connectivity index (χ1n) is 5.21. The third-order valence-electron chi connectivity index (χ3n) is 2.85. The lowest BCUT2D eigenvalue weighted by Crippen LogP contribution is -2.48. The van der Waals surface area contributed by atoms with Crippen LogP contribution in [0.3, 0.4) is 0 Å². The number of hydrogen-bond donors (Lipinski definition) is 1. The van der Waals surface area contributed by atoms with E-state index in [9.17, 15) is 4.79 Å². The Morgan fingerprint density at radius 3 is 2.77 bits per heavy atom. The minimum atomic E-state index is 0.0859. The van der Waals surface area contributed by atoms with Gasteiger partial charge in [-0.25, -0.2) is 0 Å². The van der Waals surface area contributed by atoms with Crippen LogP contribution in [0.4, 0.5) is 0 Å². The van der Waals surface area contributed by atoms with Gasteiger partial charge in [0.2, 0.25) is 5.91 Å². The van der Waals surface area contributed by atoms with Crippen molar-refractivity contribution in [2.75, 3.05) is 13.1 Å². The molecule has 1 aliphatic heterocycles.